The smallest absolute Gasteiger partial charge is 0.343 e. The van der Waals surface area contributed by atoms with Crippen molar-refractivity contribution in [2.24, 2.45) is 35.5 Å². The number of carbonyl (C=O) groups is 5. The van der Waals surface area contributed by atoms with Crippen LogP contribution in [0.5, 0.6) is 5.75 Å². The number of benzene rings is 3. The van der Waals surface area contributed by atoms with Crippen LogP contribution in [0.15, 0.2) is 91.0 Å². The van der Waals surface area contributed by atoms with Gasteiger partial charge in [-0.1, -0.05) is 42.0 Å². The molecular weight excluding hydrogens is 556 g/mol. The average Bonchev–Trinajstić information content (AvgIpc) is 3.79. The number of nitrogens with zero attached hydrogens (tertiary/aromatic N) is 2. The number of hydrazine groups is 1. The van der Waals surface area contributed by atoms with E-state index in [0.29, 0.717) is 22.4 Å². The Labute approximate surface area is 246 Å². The van der Waals surface area contributed by atoms with Crippen LogP contribution in [-0.2, 0) is 9.59 Å². The van der Waals surface area contributed by atoms with E-state index in [1.54, 1.807) is 30.3 Å². The van der Waals surface area contributed by atoms with Gasteiger partial charge >= 0.3 is 5.97 Å². The highest BCUT2D eigenvalue weighted by molar-refractivity contribution is 6.30. The van der Waals surface area contributed by atoms with E-state index in [4.69, 9.17) is 16.3 Å². The van der Waals surface area contributed by atoms with Crippen LogP contribution in [0, 0.1) is 35.5 Å². The van der Waals surface area contributed by atoms with Crippen LogP contribution in [0.4, 0.5) is 0 Å². The first-order valence-electron chi connectivity index (χ1n) is 13.9. The van der Waals surface area contributed by atoms with E-state index in [1.807, 2.05) is 0 Å². The van der Waals surface area contributed by atoms with Gasteiger partial charge in [0, 0.05) is 16.1 Å². The molecule has 0 radical (unpaired) electrons. The van der Waals surface area contributed by atoms with Gasteiger partial charge in [0.05, 0.1) is 17.4 Å². The first-order valence-corrected chi connectivity index (χ1v) is 14.2. The predicted octanol–water partition coefficient (Wildman–Crippen LogP) is 4.85. The van der Waals surface area contributed by atoms with Crippen molar-refractivity contribution >= 4 is 41.1 Å². The lowest BCUT2D eigenvalue weighted by Crippen LogP contribution is -2.52. The number of ketones is 1. The van der Waals surface area contributed by atoms with Crippen molar-refractivity contribution < 1.29 is 28.7 Å². The van der Waals surface area contributed by atoms with Gasteiger partial charge in [-0.25, -0.2) is 9.80 Å². The second-order valence-electron chi connectivity index (χ2n) is 11.2. The van der Waals surface area contributed by atoms with Crippen molar-refractivity contribution in [3.8, 4) is 5.75 Å². The van der Waals surface area contributed by atoms with Crippen molar-refractivity contribution in [3.63, 3.8) is 0 Å². The van der Waals surface area contributed by atoms with Gasteiger partial charge in [0.25, 0.3) is 17.7 Å². The third-order valence-electron chi connectivity index (χ3n) is 8.90. The molecule has 3 aromatic carbocycles. The summed E-state index contributed by atoms with van der Waals surface area (Å²) in [6.45, 7) is -0.531. The summed E-state index contributed by atoms with van der Waals surface area (Å²) >= 11 is 6.02. The molecule has 2 saturated carbocycles. The fourth-order valence-corrected chi connectivity index (χ4v) is 6.96. The number of imide groups is 1. The molecule has 3 fully saturated rings. The summed E-state index contributed by atoms with van der Waals surface area (Å²) < 4.78 is 5.39. The van der Waals surface area contributed by atoms with Gasteiger partial charge in [-0.15, -0.1) is 0 Å². The Morgan fingerprint density at radius 1 is 0.762 bits per heavy atom. The molecule has 8 nitrogen and oxygen atoms in total. The lowest BCUT2D eigenvalue weighted by Gasteiger charge is -2.37. The van der Waals surface area contributed by atoms with Crippen molar-refractivity contribution in [1.82, 2.24) is 10.0 Å². The van der Waals surface area contributed by atoms with Gasteiger partial charge in [-0.3, -0.25) is 19.2 Å². The summed E-state index contributed by atoms with van der Waals surface area (Å²) in [6, 6.07) is 20.5. The third kappa shape index (κ3) is 4.34. The van der Waals surface area contributed by atoms with Crippen molar-refractivity contribution in [3.05, 3.63) is 113 Å². The highest BCUT2D eigenvalue weighted by Crippen LogP contribution is 2.65. The predicted molar refractivity (Wildman–Crippen MR) is 151 cm³/mol. The summed E-state index contributed by atoms with van der Waals surface area (Å²) in [6.07, 6.45) is 5.12. The van der Waals surface area contributed by atoms with Gasteiger partial charge in [0.15, 0.2) is 5.78 Å². The number of hydrogen-bond acceptors (Lipinski definition) is 6. The molecule has 0 N–H and O–H groups in total. The zero-order valence-corrected chi connectivity index (χ0v) is 23.0. The summed E-state index contributed by atoms with van der Waals surface area (Å²) in [7, 11) is 0. The van der Waals surface area contributed by atoms with Crippen LogP contribution in [0.25, 0.3) is 0 Å². The topological polar surface area (TPSA) is 101 Å². The molecule has 1 heterocycles. The number of Topliss-reactive ketones (excluding diaryl/α,β-unsaturated/α-hetero) is 1. The van der Waals surface area contributed by atoms with E-state index in [-0.39, 0.29) is 28.7 Å². The maximum absolute atomic E-state index is 13.8. The molecule has 9 heteroatoms. The second kappa shape index (κ2) is 10.1. The fourth-order valence-electron chi connectivity index (χ4n) is 6.83. The summed E-state index contributed by atoms with van der Waals surface area (Å²) in [5.74, 6) is -2.62. The molecule has 4 aliphatic carbocycles. The van der Waals surface area contributed by atoms with E-state index in [1.165, 1.54) is 48.5 Å². The second-order valence-corrected chi connectivity index (χ2v) is 11.7. The Kier molecular flexibility index (Phi) is 6.31. The van der Waals surface area contributed by atoms with Gasteiger partial charge in [0.2, 0.25) is 0 Å². The number of hydrogen-bond donors (Lipinski definition) is 0. The lowest BCUT2D eigenvalue weighted by atomic mass is 9.63. The third-order valence-corrected chi connectivity index (χ3v) is 9.15. The summed E-state index contributed by atoms with van der Waals surface area (Å²) in [4.78, 5) is 67.3. The molecule has 0 aromatic heterocycles. The van der Waals surface area contributed by atoms with Crippen molar-refractivity contribution in [1.29, 1.82) is 0 Å². The van der Waals surface area contributed by atoms with Gasteiger partial charge < -0.3 is 4.74 Å². The monoisotopic (exact) mass is 580 g/mol. The number of ether oxygens (including phenoxy) is 1. The van der Waals surface area contributed by atoms with Gasteiger partial charge in [-0.05, 0) is 90.8 Å². The van der Waals surface area contributed by atoms with Crippen LogP contribution in [0.3, 0.4) is 0 Å². The molecule has 42 heavy (non-hydrogen) atoms. The molecule has 6 atom stereocenters. The molecule has 1 saturated heterocycles. The van der Waals surface area contributed by atoms with E-state index < -0.39 is 47.9 Å². The molecule has 2 bridgehead atoms. The van der Waals surface area contributed by atoms with Crippen molar-refractivity contribution in [2.75, 3.05) is 6.54 Å². The normalized spacial score (nSPS) is 26.5. The summed E-state index contributed by atoms with van der Waals surface area (Å²) in [5.41, 5.74) is 0.799. The summed E-state index contributed by atoms with van der Waals surface area (Å²) in [5, 5.41) is 2.31. The molecule has 5 aliphatic rings. The minimum atomic E-state index is -0.653. The van der Waals surface area contributed by atoms with Gasteiger partial charge in [-0.2, -0.15) is 5.01 Å². The molecule has 3 amide bonds. The zero-order chi connectivity index (χ0) is 29.1. The first kappa shape index (κ1) is 26.3. The molecule has 8 rings (SSSR count). The minimum Gasteiger partial charge on any atom is -0.423 e. The van der Waals surface area contributed by atoms with Crippen LogP contribution in [0.1, 0.15) is 37.5 Å². The number of carbonyl (C=O) groups excluding carboxylic acids is 5. The SMILES string of the molecule is O=C(CN(C(=O)c1ccc(Cl)cc1)N1C(=O)[C@@H]2[C@H]3C=C[C@@H]([C@@H]4C[C@@H]34)[C@@H]2C1=O)c1ccc(OC(=O)c2ccccc2)cc1. The van der Waals surface area contributed by atoms with Crippen LogP contribution in [-0.4, -0.2) is 46.0 Å². The standard InChI is InChI=1S/C33H25ClN2O6/c34-21-10-6-19(7-11-21)30(38)35(36-31(39)28-23-14-15-24(26-16-25(23)26)29(28)32(36)40)17-27(37)18-8-12-22(13-9-18)42-33(41)20-4-2-1-3-5-20/h1-15,23-26,28-29H,16-17H2/t23-,24-,25-,26-,28-,29+/m0/s1. The maximum Gasteiger partial charge on any atom is 0.343 e. The Balaban J connectivity index is 1.14. The van der Waals surface area contributed by atoms with E-state index in [2.05, 4.69) is 12.2 Å². The van der Waals surface area contributed by atoms with Gasteiger partial charge in [0.1, 0.15) is 12.3 Å². The first-order chi connectivity index (χ1) is 20.3. The zero-order valence-electron chi connectivity index (χ0n) is 22.3. The van der Waals surface area contributed by atoms with E-state index >= 15 is 0 Å². The number of allylic oxidation sites excluding steroid dienone is 2. The molecule has 1 aliphatic heterocycles. The van der Waals surface area contributed by atoms with Crippen LogP contribution >= 0.6 is 11.6 Å². The quantitative estimate of drug-likeness (QED) is 0.130. The Morgan fingerprint density at radius 3 is 1.93 bits per heavy atom. The van der Waals surface area contributed by atoms with Crippen LogP contribution in [0.2, 0.25) is 5.02 Å². The number of halogens is 1. The molecule has 210 valence electrons. The Morgan fingerprint density at radius 2 is 1.33 bits per heavy atom. The number of rotatable bonds is 7. The molecule has 3 aromatic rings. The fraction of sp³-hybridized carbons (Fsp3) is 0.242. The minimum absolute atomic E-state index is 0.0271. The molecular formula is C33H25ClN2O6. The maximum atomic E-state index is 13.8. The lowest BCUT2D eigenvalue weighted by molar-refractivity contribution is -0.154. The average molecular weight is 581 g/mol. The largest absolute Gasteiger partial charge is 0.423 e. The highest BCUT2D eigenvalue weighted by atomic mass is 35.5. The van der Waals surface area contributed by atoms with E-state index in [0.717, 1.165) is 16.4 Å². The van der Waals surface area contributed by atoms with E-state index in [9.17, 15) is 24.0 Å². The molecule has 0 unspecified atom stereocenters. The number of amides is 3. The number of esters is 1. The highest BCUT2D eigenvalue weighted by Gasteiger charge is 2.68. The Hall–Kier alpha value is -4.56. The van der Waals surface area contributed by atoms with Crippen molar-refractivity contribution in [2.45, 2.75) is 6.42 Å². The molecule has 0 spiro atoms. The Bertz CT molecular complexity index is 1620. The van der Waals surface area contributed by atoms with Crippen LogP contribution < -0.4 is 4.74 Å².